The summed E-state index contributed by atoms with van der Waals surface area (Å²) in [5, 5.41) is 3.67. The second-order valence-electron chi connectivity index (χ2n) is 5.91. The summed E-state index contributed by atoms with van der Waals surface area (Å²) in [7, 11) is 3.33. The predicted octanol–water partition coefficient (Wildman–Crippen LogP) is 2.79. The van der Waals surface area contributed by atoms with Gasteiger partial charge in [0.15, 0.2) is 11.5 Å². The van der Waals surface area contributed by atoms with Crippen LogP contribution in [0.5, 0.6) is 11.5 Å². The Morgan fingerprint density at radius 1 is 1.24 bits per heavy atom. The smallest absolute Gasteiger partial charge is 0.174 e. The van der Waals surface area contributed by atoms with E-state index in [4.69, 9.17) is 9.47 Å². The lowest BCUT2D eigenvalue weighted by Gasteiger charge is -2.17. The van der Waals surface area contributed by atoms with Crippen molar-refractivity contribution in [2.45, 2.75) is 37.9 Å². The number of nitrogens with one attached hydrogen (secondary N) is 1. The van der Waals surface area contributed by atoms with Gasteiger partial charge in [0.25, 0.3) is 0 Å². The first-order chi connectivity index (χ1) is 10.2. The molecule has 1 saturated heterocycles. The number of ether oxygens (including phenoxy) is 2. The van der Waals surface area contributed by atoms with Crippen molar-refractivity contribution >= 4 is 15.9 Å². The first-order valence-electron chi connectivity index (χ1n) is 7.59. The number of methoxy groups -OCH3 is 2. The number of rotatable bonds is 6. The molecule has 1 atom stereocenters. The summed E-state index contributed by atoms with van der Waals surface area (Å²) < 4.78 is 11.7. The molecule has 1 aromatic rings. The topological polar surface area (TPSA) is 33.7 Å². The van der Waals surface area contributed by atoms with E-state index < -0.39 is 0 Å². The van der Waals surface area contributed by atoms with Gasteiger partial charge in [-0.2, -0.15) is 0 Å². The van der Waals surface area contributed by atoms with Gasteiger partial charge in [0.2, 0.25) is 0 Å². The van der Waals surface area contributed by atoms with E-state index in [2.05, 4.69) is 32.2 Å². The molecule has 0 amide bonds. The maximum Gasteiger partial charge on any atom is 0.174 e. The van der Waals surface area contributed by atoms with Gasteiger partial charge in [-0.15, -0.1) is 0 Å². The second-order valence-corrected chi connectivity index (χ2v) is 6.76. The standard InChI is InChI=1S/C16H23BrN2O2/c1-20-15-8-11(7-14(17)16(15)21-2)9-18-12-5-6-19(10-12)13-3-4-13/h7-8,12-13,18H,3-6,9-10H2,1-2H3. The Labute approximate surface area is 134 Å². The molecule has 5 heteroatoms. The Hall–Kier alpha value is -0.780. The molecule has 1 N–H and O–H groups in total. The van der Waals surface area contributed by atoms with Gasteiger partial charge < -0.3 is 14.8 Å². The molecule has 0 bridgehead atoms. The highest BCUT2D eigenvalue weighted by atomic mass is 79.9. The molecule has 1 aromatic carbocycles. The van der Waals surface area contributed by atoms with Crippen LogP contribution in [0.2, 0.25) is 0 Å². The van der Waals surface area contributed by atoms with Gasteiger partial charge >= 0.3 is 0 Å². The zero-order valence-electron chi connectivity index (χ0n) is 12.7. The molecule has 21 heavy (non-hydrogen) atoms. The van der Waals surface area contributed by atoms with Crippen molar-refractivity contribution < 1.29 is 9.47 Å². The fourth-order valence-electron chi connectivity index (χ4n) is 3.06. The summed E-state index contributed by atoms with van der Waals surface area (Å²) >= 11 is 3.55. The SMILES string of the molecule is COc1cc(CNC2CCN(C3CC3)C2)cc(Br)c1OC. The van der Waals surface area contributed by atoms with Crippen LogP contribution >= 0.6 is 15.9 Å². The molecule has 1 aliphatic carbocycles. The van der Waals surface area contributed by atoms with E-state index in [1.54, 1.807) is 14.2 Å². The van der Waals surface area contributed by atoms with Crippen molar-refractivity contribution in [3.63, 3.8) is 0 Å². The number of benzene rings is 1. The molecule has 116 valence electrons. The highest BCUT2D eigenvalue weighted by Crippen LogP contribution is 2.36. The largest absolute Gasteiger partial charge is 0.493 e. The number of hydrogen-bond acceptors (Lipinski definition) is 4. The number of nitrogens with zero attached hydrogens (tertiary/aromatic N) is 1. The minimum absolute atomic E-state index is 0.609. The zero-order valence-corrected chi connectivity index (χ0v) is 14.3. The Balaban J connectivity index is 1.58. The van der Waals surface area contributed by atoms with Gasteiger partial charge in [0.05, 0.1) is 18.7 Å². The highest BCUT2D eigenvalue weighted by Gasteiger charge is 2.34. The molecule has 2 fully saturated rings. The van der Waals surface area contributed by atoms with E-state index in [-0.39, 0.29) is 0 Å². The van der Waals surface area contributed by atoms with Crippen LogP contribution < -0.4 is 14.8 Å². The monoisotopic (exact) mass is 354 g/mol. The molecule has 1 heterocycles. The summed E-state index contributed by atoms with van der Waals surface area (Å²) in [6.07, 6.45) is 4.05. The van der Waals surface area contributed by atoms with Crippen LogP contribution in [-0.4, -0.2) is 44.3 Å². The predicted molar refractivity (Wildman–Crippen MR) is 87.1 cm³/mol. The van der Waals surface area contributed by atoms with Crippen molar-refractivity contribution in [3.8, 4) is 11.5 Å². The van der Waals surface area contributed by atoms with Crippen molar-refractivity contribution in [2.24, 2.45) is 0 Å². The van der Waals surface area contributed by atoms with Crippen LogP contribution in [0.4, 0.5) is 0 Å². The summed E-state index contributed by atoms with van der Waals surface area (Å²) in [6.45, 7) is 3.30. The van der Waals surface area contributed by atoms with Gasteiger partial charge in [-0.25, -0.2) is 0 Å². The lowest BCUT2D eigenvalue weighted by molar-refractivity contribution is 0.317. The van der Waals surface area contributed by atoms with E-state index in [0.29, 0.717) is 6.04 Å². The Morgan fingerprint density at radius 2 is 2.05 bits per heavy atom. The summed E-state index contributed by atoms with van der Waals surface area (Å²) in [6, 6.07) is 5.64. The number of likely N-dealkylation sites (tertiary alicyclic amines) is 1. The minimum atomic E-state index is 0.609. The summed E-state index contributed by atoms with van der Waals surface area (Å²) in [4.78, 5) is 2.63. The van der Waals surface area contributed by atoms with E-state index in [1.165, 1.54) is 37.9 Å². The van der Waals surface area contributed by atoms with Crippen LogP contribution in [0.3, 0.4) is 0 Å². The van der Waals surface area contributed by atoms with Crippen LogP contribution in [0, 0.1) is 0 Å². The van der Waals surface area contributed by atoms with E-state index >= 15 is 0 Å². The van der Waals surface area contributed by atoms with Gasteiger partial charge in [-0.05, 0) is 52.9 Å². The summed E-state index contributed by atoms with van der Waals surface area (Å²) in [5.41, 5.74) is 1.21. The van der Waals surface area contributed by atoms with Crippen LogP contribution in [0.25, 0.3) is 0 Å². The van der Waals surface area contributed by atoms with E-state index in [9.17, 15) is 0 Å². The molecule has 0 aromatic heterocycles. The Bertz CT molecular complexity index is 505. The van der Waals surface area contributed by atoms with Gasteiger partial charge in [0.1, 0.15) is 0 Å². The molecule has 4 nitrogen and oxygen atoms in total. The van der Waals surface area contributed by atoms with Crippen LogP contribution in [-0.2, 0) is 6.54 Å². The minimum Gasteiger partial charge on any atom is -0.493 e. The van der Waals surface area contributed by atoms with Crippen molar-refractivity contribution in [2.75, 3.05) is 27.3 Å². The molecule has 2 aliphatic rings. The molecule has 3 rings (SSSR count). The third-order valence-corrected chi connectivity index (χ3v) is 4.96. The van der Waals surface area contributed by atoms with Gasteiger partial charge in [0, 0.05) is 31.7 Å². The maximum absolute atomic E-state index is 5.40. The molecule has 1 aliphatic heterocycles. The summed E-state index contributed by atoms with van der Waals surface area (Å²) in [5.74, 6) is 1.52. The number of hydrogen-bond donors (Lipinski definition) is 1. The molecule has 0 spiro atoms. The quantitative estimate of drug-likeness (QED) is 0.851. The van der Waals surface area contributed by atoms with E-state index in [0.717, 1.165) is 28.6 Å². The molecule has 0 radical (unpaired) electrons. The normalized spacial score (nSPS) is 22.5. The number of halogens is 1. The average Bonchev–Trinajstić information content (AvgIpc) is 3.23. The van der Waals surface area contributed by atoms with E-state index in [1.807, 2.05) is 6.07 Å². The lowest BCUT2D eigenvalue weighted by atomic mass is 10.1. The van der Waals surface area contributed by atoms with Crippen molar-refractivity contribution in [1.29, 1.82) is 0 Å². The Kier molecular flexibility index (Phi) is 4.72. The zero-order chi connectivity index (χ0) is 14.8. The second kappa shape index (κ2) is 6.55. The first-order valence-corrected chi connectivity index (χ1v) is 8.38. The third kappa shape index (κ3) is 3.52. The molecule has 1 unspecified atom stereocenters. The van der Waals surface area contributed by atoms with Crippen molar-refractivity contribution in [1.82, 2.24) is 10.2 Å². The van der Waals surface area contributed by atoms with Crippen LogP contribution in [0.1, 0.15) is 24.8 Å². The fourth-order valence-corrected chi connectivity index (χ4v) is 3.71. The highest BCUT2D eigenvalue weighted by molar-refractivity contribution is 9.10. The van der Waals surface area contributed by atoms with Crippen LogP contribution in [0.15, 0.2) is 16.6 Å². The molecular weight excluding hydrogens is 332 g/mol. The van der Waals surface area contributed by atoms with Crippen molar-refractivity contribution in [3.05, 3.63) is 22.2 Å². The van der Waals surface area contributed by atoms with Gasteiger partial charge in [-0.1, -0.05) is 0 Å². The van der Waals surface area contributed by atoms with Gasteiger partial charge in [-0.3, -0.25) is 4.90 Å². The molecule has 1 saturated carbocycles. The fraction of sp³-hybridized carbons (Fsp3) is 0.625. The maximum atomic E-state index is 5.40. The lowest BCUT2D eigenvalue weighted by Crippen LogP contribution is -2.32. The first kappa shape index (κ1) is 15.1. The third-order valence-electron chi connectivity index (χ3n) is 4.37. The Morgan fingerprint density at radius 3 is 2.71 bits per heavy atom. The average molecular weight is 355 g/mol. The molecular formula is C16H23BrN2O2.